The lowest BCUT2D eigenvalue weighted by Gasteiger charge is -2.29. The van der Waals surface area contributed by atoms with Crippen LogP contribution in [0.2, 0.25) is 0 Å². The van der Waals surface area contributed by atoms with E-state index < -0.39 is 6.04 Å². The summed E-state index contributed by atoms with van der Waals surface area (Å²) in [4.78, 5) is 25.2. The number of urea groups is 1. The van der Waals surface area contributed by atoms with E-state index in [0.717, 1.165) is 5.56 Å². The summed E-state index contributed by atoms with van der Waals surface area (Å²) in [7, 11) is 1.56. The van der Waals surface area contributed by atoms with Gasteiger partial charge in [0.1, 0.15) is 0 Å². The van der Waals surface area contributed by atoms with Gasteiger partial charge in [0.25, 0.3) is 0 Å². The molecule has 2 N–H and O–H groups in total. The molecule has 0 fully saturated rings. The molecule has 0 aliphatic carbocycles. The van der Waals surface area contributed by atoms with E-state index in [-0.39, 0.29) is 11.8 Å². The molecule has 2 amide bonds. The zero-order valence-corrected chi connectivity index (χ0v) is 15.5. The number of allylic oxidation sites excluding steroid dienone is 1. The van der Waals surface area contributed by atoms with Gasteiger partial charge in [0.2, 0.25) is 0 Å². The molecule has 27 heavy (non-hydrogen) atoms. The maximum atomic E-state index is 13.1. The Hall–Kier alpha value is -3.28. The van der Waals surface area contributed by atoms with Crippen molar-refractivity contribution in [1.82, 2.24) is 10.6 Å². The minimum absolute atomic E-state index is 0.140. The number of rotatable bonds is 6. The maximum Gasteiger partial charge on any atom is 0.319 e. The van der Waals surface area contributed by atoms with Crippen LogP contribution >= 0.6 is 0 Å². The fourth-order valence-corrected chi connectivity index (χ4v) is 3.13. The Labute approximate surface area is 158 Å². The van der Waals surface area contributed by atoms with Crippen LogP contribution in [0.5, 0.6) is 11.5 Å². The van der Waals surface area contributed by atoms with Crippen molar-refractivity contribution in [1.29, 1.82) is 0 Å². The second-order valence-electron chi connectivity index (χ2n) is 6.11. The number of nitrogens with one attached hydrogen (secondary N) is 2. The minimum atomic E-state index is -0.587. The quantitative estimate of drug-likeness (QED) is 0.766. The van der Waals surface area contributed by atoms with Gasteiger partial charge in [0, 0.05) is 16.8 Å². The van der Waals surface area contributed by atoms with Gasteiger partial charge in [0.05, 0.1) is 19.8 Å². The second-order valence-corrected chi connectivity index (χ2v) is 6.11. The van der Waals surface area contributed by atoms with Crippen molar-refractivity contribution in [3.05, 3.63) is 70.9 Å². The molecule has 6 nitrogen and oxygen atoms in total. The monoisotopic (exact) mass is 366 g/mol. The van der Waals surface area contributed by atoms with Crippen molar-refractivity contribution in [2.45, 2.75) is 19.9 Å². The Morgan fingerprint density at radius 1 is 1.11 bits per heavy atom. The van der Waals surface area contributed by atoms with Gasteiger partial charge < -0.3 is 20.1 Å². The Bertz CT molecular complexity index is 890. The van der Waals surface area contributed by atoms with Crippen molar-refractivity contribution < 1.29 is 19.1 Å². The Kier molecular flexibility index (Phi) is 5.45. The standard InChI is InChI=1S/C21H22N2O4/c1-4-27-16-11-10-15(12-17(16)26-3)19-18(13(2)22-21(25)23-19)20(24)14-8-6-5-7-9-14/h5-12,19H,4H2,1-3H3,(H2,22,23,25). The zero-order valence-electron chi connectivity index (χ0n) is 15.5. The van der Waals surface area contributed by atoms with E-state index in [2.05, 4.69) is 10.6 Å². The highest BCUT2D eigenvalue weighted by molar-refractivity contribution is 6.11. The lowest BCUT2D eigenvalue weighted by molar-refractivity contribution is 0.102. The molecule has 0 saturated heterocycles. The van der Waals surface area contributed by atoms with Crippen LogP contribution < -0.4 is 20.1 Å². The summed E-state index contributed by atoms with van der Waals surface area (Å²) in [6, 6.07) is 13.5. The Morgan fingerprint density at radius 3 is 2.52 bits per heavy atom. The van der Waals surface area contributed by atoms with Crippen LogP contribution in [-0.2, 0) is 0 Å². The number of benzene rings is 2. The average molecular weight is 366 g/mol. The number of methoxy groups -OCH3 is 1. The molecule has 0 radical (unpaired) electrons. The molecule has 0 bridgehead atoms. The summed E-state index contributed by atoms with van der Waals surface area (Å²) >= 11 is 0. The summed E-state index contributed by atoms with van der Waals surface area (Å²) in [6.07, 6.45) is 0. The van der Waals surface area contributed by atoms with Crippen molar-refractivity contribution >= 4 is 11.8 Å². The molecular weight excluding hydrogens is 344 g/mol. The Morgan fingerprint density at radius 2 is 1.85 bits per heavy atom. The highest BCUT2D eigenvalue weighted by atomic mass is 16.5. The van der Waals surface area contributed by atoms with Gasteiger partial charge in [-0.15, -0.1) is 0 Å². The van der Waals surface area contributed by atoms with Crippen LogP contribution in [0, 0.1) is 0 Å². The molecule has 0 aromatic heterocycles. The van der Waals surface area contributed by atoms with Crippen molar-refractivity contribution in [2.75, 3.05) is 13.7 Å². The molecule has 6 heteroatoms. The van der Waals surface area contributed by atoms with Crippen molar-refractivity contribution in [3.63, 3.8) is 0 Å². The SMILES string of the molecule is CCOc1ccc(C2NC(=O)NC(C)=C2C(=O)c2ccccc2)cc1OC. The third-order valence-corrected chi connectivity index (χ3v) is 4.37. The molecule has 2 aromatic rings. The van der Waals surface area contributed by atoms with E-state index in [1.54, 1.807) is 38.3 Å². The Balaban J connectivity index is 2.05. The smallest absolute Gasteiger partial charge is 0.319 e. The fraction of sp³-hybridized carbons (Fsp3) is 0.238. The van der Waals surface area contributed by atoms with Gasteiger partial charge in [-0.1, -0.05) is 36.4 Å². The van der Waals surface area contributed by atoms with E-state index in [0.29, 0.717) is 34.9 Å². The highest BCUT2D eigenvalue weighted by Crippen LogP contribution is 2.35. The molecule has 1 atom stereocenters. The van der Waals surface area contributed by atoms with Crippen molar-refractivity contribution in [2.24, 2.45) is 0 Å². The van der Waals surface area contributed by atoms with Crippen LogP contribution in [0.4, 0.5) is 4.79 Å². The molecule has 0 spiro atoms. The van der Waals surface area contributed by atoms with E-state index in [9.17, 15) is 9.59 Å². The number of carbonyl (C=O) groups excluding carboxylic acids is 2. The van der Waals surface area contributed by atoms with Crippen LogP contribution in [0.15, 0.2) is 59.8 Å². The third kappa shape index (κ3) is 3.79. The molecule has 1 aliphatic heterocycles. The number of carbonyl (C=O) groups is 2. The first-order valence-electron chi connectivity index (χ1n) is 8.74. The molecule has 1 unspecified atom stereocenters. The summed E-state index contributed by atoms with van der Waals surface area (Å²) in [6.45, 7) is 4.13. The van der Waals surface area contributed by atoms with Gasteiger partial charge in [-0.05, 0) is 31.5 Å². The number of amides is 2. The molecule has 140 valence electrons. The number of hydrogen-bond donors (Lipinski definition) is 2. The third-order valence-electron chi connectivity index (χ3n) is 4.37. The topological polar surface area (TPSA) is 76.7 Å². The molecule has 1 heterocycles. The molecule has 0 saturated carbocycles. The summed E-state index contributed by atoms with van der Waals surface area (Å²) in [5.41, 5.74) is 2.33. The van der Waals surface area contributed by atoms with E-state index >= 15 is 0 Å². The molecule has 1 aliphatic rings. The van der Waals surface area contributed by atoms with E-state index in [4.69, 9.17) is 9.47 Å². The molecule has 2 aromatic carbocycles. The number of hydrogen-bond acceptors (Lipinski definition) is 4. The summed E-state index contributed by atoms with van der Waals surface area (Å²) < 4.78 is 11.0. The highest BCUT2D eigenvalue weighted by Gasteiger charge is 2.32. The number of ketones is 1. The van der Waals surface area contributed by atoms with E-state index in [1.165, 1.54) is 0 Å². The van der Waals surface area contributed by atoms with Gasteiger partial charge in [-0.2, -0.15) is 0 Å². The lowest BCUT2D eigenvalue weighted by atomic mass is 9.89. The van der Waals surface area contributed by atoms with Gasteiger partial charge >= 0.3 is 6.03 Å². The first kappa shape index (κ1) is 18.5. The predicted octanol–water partition coefficient (Wildman–Crippen LogP) is 3.60. The zero-order chi connectivity index (χ0) is 19.4. The number of ether oxygens (including phenoxy) is 2. The summed E-state index contributed by atoms with van der Waals surface area (Å²) in [5, 5.41) is 5.53. The first-order chi connectivity index (χ1) is 13.0. The van der Waals surface area contributed by atoms with Crippen LogP contribution in [-0.4, -0.2) is 25.5 Å². The van der Waals surface area contributed by atoms with Crippen molar-refractivity contribution in [3.8, 4) is 11.5 Å². The van der Waals surface area contributed by atoms with E-state index in [1.807, 2.05) is 31.2 Å². The molecular formula is C21H22N2O4. The van der Waals surface area contributed by atoms with Gasteiger partial charge in [-0.25, -0.2) is 4.79 Å². The predicted molar refractivity (Wildman–Crippen MR) is 102 cm³/mol. The second kappa shape index (κ2) is 7.95. The minimum Gasteiger partial charge on any atom is -0.493 e. The maximum absolute atomic E-state index is 13.1. The first-order valence-corrected chi connectivity index (χ1v) is 8.74. The van der Waals surface area contributed by atoms with Crippen LogP contribution in [0.1, 0.15) is 35.8 Å². The van der Waals surface area contributed by atoms with Gasteiger partial charge in [-0.3, -0.25) is 4.79 Å². The average Bonchev–Trinajstić information content (AvgIpc) is 2.68. The largest absolute Gasteiger partial charge is 0.493 e. The summed E-state index contributed by atoms with van der Waals surface area (Å²) in [5.74, 6) is 1.02. The normalized spacial score (nSPS) is 16.4. The number of Topliss-reactive ketones (excluding diaryl/α,β-unsaturated/α-hetero) is 1. The lowest BCUT2D eigenvalue weighted by Crippen LogP contribution is -2.45. The van der Waals surface area contributed by atoms with Crippen LogP contribution in [0.25, 0.3) is 0 Å². The van der Waals surface area contributed by atoms with Gasteiger partial charge in [0.15, 0.2) is 17.3 Å². The fourth-order valence-electron chi connectivity index (χ4n) is 3.13. The van der Waals surface area contributed by atoms with Crippen LogP contribution in [0.3, 0.4) is 0 Å². The molecule has 3 rings (SSSR count).